The lowest BCUT2D eigenvalue weighted by molar-refractivity contribution is -0.126. The number of fused-ring (bicyclic) bond motifs is 2. The van der Waals surface area contributed by atoms with E-state index in [0.29, 0.717) is 19.0 Å². The lowest BCUT2D eigenvalue weighted by Gasteiger charge is -2.21. The van der Waals surface area contributed by atoms with Crippen molar-refractivity contribution in [2.75, 3.05) is 13.1 Å². The molecule has 0 spiro atoms. The number of ether oxygens (including phenoxy) is 1. The maximum absolute atomic E-state index is 12.1. The fourth-order valence-corrected chi connectivity index (χ4v) is 3.36. The zero-order valence-electron chi connectivity index (χ0n) is 12.7. The molecule has 2 bridgehead atoms. The quantitative estimate of drug-likeness (QED) is 0.776. The minimum atomic E-state index is -0.490. The van der Waals surface area contributed by atoms with E-state index in [4.69, 9.17) is 4.74 Å². The van der Waals surface area contributed by atoms with E-state index in [-0.39, 0.29) is 11.8 Å². The first kappa shape index (κ1) is 15.1. The molecule has 2 fully saturated rings. The van der Waals surface area contributed by atoms with Crippen LogP contribution >= 0.6 is 0 Å². The van der Waals surface area contributed by atoms with Gasteiger partial charge in [0, 0.05) is 19.0 Å². The van der Waals surface area contributed by atoms with Crippen LogP contribution in [-0.2, 0) is 9.53 Å². The summed E-state index contributed by atoms with van der Waals surface area (Å²) in [7, 11) is 0. The predicted octanol–water partition coefficient (Wildman–Crippen LogP) is 2.06. The number of nitrogens with one attached hydrogen (secondary N) is 2. The maximum Gasteiger partial charge on any atom is 0.407 e. The van der Waals surface area contributed by atoms with E-state index in [2.05, 4.69) is 10.6 Å². The molecule has 0 heterocycles. The molecular weight excluding hydrogens is 256 g/mol. The highest BCUT2D eigenvalue weighted by Gasteiger charge is 2.42. The first-order valence-electron chi connectivity index (χ1n) is 7.60. The van der Waals surface area contributed by atoms with Crippen molar-refractivity contribution in [1.82, 2.24) is 10.6 Å². The van der Waals surface area contributed by atoms with E-state index in [1.807, 2.05) is 20.8 Å². The van der Waals surface area contributed by atoms with Crippen LogP contribution < -0.4 is 10.6 Å². The Bertz CT molecular complexity index is 376. The highest BCUT2D eigenvalue weighted by molar-refractivity contribution is 5.79. The van der Waals surface area contributed by atoms with E-state index in [0.717, 1.165) is 12.3 Å². The number of amides is 2. The van der Waals surface area contributed by atoms with Crippen molar-refractivity contribution in [3.63, 3.8) is 0 Å². The minimum absolute atomic E-state index is 0.156. The summed E-state index contributed by atoms with van der Waals surface area (Å²) in [5.74, 6) is 1.73. The van der Waals surface area contributed by atoms with Gasteiger partial charge in [0.05, 0.1) is 0 Å². The highest BCUT2D eigenvalue weighted by Crippen LogP contribution is 2.48. The van der Waals surface area contributed by atoms with Crippen LogP contribution in [0.3, 0.4) is 0 Å². The van der Waals surface area contributed by atoms with Crippen LogP contribution in [0.15, 0.2) is 0 Å². The Morgan fingerprint density at radius 1 is 1.10 bits per heavy atom. The van der Waals surface area contributed by atoms with Gasteiger partial charge in [0.15, 0.2) is 0 Å². The molecule has 3 atom stereocenters. The smallest absolute Gasteiger partial charge is 0.407 e. The molecule has 20 heavy (non-hydrogen) atoms. The van der Waals surface area contributed by atoms with Gasteiger partial charge in [-0.1, -0.05) is 6.42 Å². The van der Waals surface area contributed by atoms with E-state index in [9.17, 15) is 9.59 Å². The summed E-state index contributed by atoms with van der Waals surface area (Å²) in [5.41, 5.74) is -0.490. The van der Waals surface area contributed by atoms with E-state index < -0.39 is 11.7 Å². The van der Waals surface area contributed by atoms with Crippen LogP contribution in [0.2, 0.25) is 0 Å². The lowest BCUT2D eigenvalue weighted by atomic mass is 9.88. The van der Waals surface area contributed by atoms with Crippen molar-refractivity contribution in [2.24, 2.45) is 17.8 Å². The van der Waals surface area contributed by atoms with Gasteiger partial charge in [-0.2, -0.15) is 0 Å². The molecule has 5 nitrogen and oxygen atoms in total. The van der Waals surface area contributed by atoms with Crippen molar-refractivity contribution in [3.8, 4) is 0 Å². The van der Waals surface area contributed by atoms with E-state index >= 15 is 0 Å². The standard InChI is InChI=1S/C15H26N2O3/c1-15(2,3)20-14(19)17-7-6-16-13(18)12-9-10-4-5-11(12)8-10/h10-12H,4-9H2,1-3H3,(H,16,18)(H,17,19)/t10-,11-,12+/m0/s1. The number of carbonyl (C=O) groups is 2. The average Bonchev–Trinajstić information content (AvgIpc) is 2.94. The summed E-state index contributed by atoms with van der Waals surface area (Å²) in [6, 6.07) is 0. The molecule has 2 amide bonds. The highest BCUT2D eigenvalue weighted by atomic mass is 16.6. The molecule has 114 valence electrons. The van der Waals surface area contributed by atoms with Crippen LogP contribution in [0.4, 0.5) is 4.79 Å². The van der Waals surface area contributed by atoms with Crippen molar-refractivity contribution >= 4 is 12.0 Å². The summed E-state index contributed by atoms with van der Waals surface area (Å²) in [6.07, 6.45) is 4.35. The normalized spacial score (nSPS) is 28.2. The number of alkyl carbamates (subject to hydrolysis) is 1. The Labute approximate surface area is 120 Å². The zero-order chi connectivity index (χ0) is 14.8. The SMILES string of the molecule is CC(C)(C)OC(=O)NCCNC(=O)[C@@H]1C[C@H]2CC[C@H]1C2. The summed E-state index contributed by atoms with van der Waals surface area (Å²) >= 11 is 0. The Kier molecular flexibility index (Phi) is 4.55. The Morgan fingerprint density at radius 2 is 1.80 bits per heavy atom. The summed E-state index contributed by atoms with van der Waals surface area (Å²) in [6.45, 7) is 6.34. The van der Waals surface area contributed by atoms with Crippen LogP contribution in [0.5, 0.6) is 0 Å². The molecule has 0 saturated heterocycles. The fraction of sp³-hybridized carbons (Fsp3) is 0.867. The van der Waals surface area contributed by atoms with Crippen molar-refractivity contribution in [1.29, 1.82) is 0 Å². The summed E-state index contributed by atoms with van der Waals surface area (Å²) in [4.78, 5) is 23.5. The molecule has 0 unspecified atom stereocenters. The molecule has 2 aliphatic carbocycles. The molecule has 0 aromatic rings. The fourth-order valence-electron chi connectivity index (χ4n) is 3.36. The third kappa shape index (κ3) is 4.12. The molecule has 5 heteroatoms. The predicted molar refractivity (Wildman–Crippen MR) is 76.2 cm³/mol. The Morgan fingerprint density at radius 3 is 2.35 bits per heavy atom. The second-order valence-electron chi connectivity index (χ2n) is 7.00. The molecule has 0 aliphatic heterocycles. The van der Waals surface area contributed by atoms with Gasteiger partial charge in [0.1, 0.15) is 5.60 Å². The molecule has 2 aliphatic rings. The molecule has 0 radical (unpaired) electrons. The van der Waals surface area contributed by atoms with Gasteiger partial charge >= 0.3 is 6.09 Å². The van der Waals surface area contributed by atoms with E-state index in [1.165, 1.54) is 19.3 Å². The molecular formula is C15H26N2O3. The Hall–Kier alpha value is -1.26. The van der Waals surface area contributed by atoms with E-state index in [1.54, 1.807) is 0 Å². The van der Waals surface area contributed by atoms with Gasteiger partial charge < -0.3 is 15.4 Å². The monoisotopic (exact) mass is 282 g/mol. The van der Waals surface area contributed by atoms with Gasteiger partial charge in [-0.3, -0.25) is 4.79 Å². The topological polar surface area (TPSA) is 67.4 Å². The summed E-state index contributed by atoms with van der Waals surface area (Å²) in [5, 5.41) is 5.56. The molecule has 0 aromatic heterocycles. The van der Waals surface area contributed by atoms with Crippen molar-refractivity contribution < 1.29 is 14.3 Å². The van der Waals surface area contributed by atoms with Crippen LogP contribution in [0.25, 0.3) is 0 Å². The molecule has 2 saturated carbocycles. The Balaban J connectivity index is 1.59. The molecule has 0 aromatic carbocycles. The minimum Gasteiger partial charge on any atom is -0.444 e. The summed E-state index contributed by atoms with van der Waals surface area (Å²) < 4.78 is 5.12. The van der Waals surface area contributed by atoms with Crippen LogP contribution in [0.1, 0.15) is 46.5 Å². The van der Waals surface area contributed by atoms with Gasteiger partial charge in [0.25, 0.3) is 0 Å². The number of rotatable bonds is 4. The number of hydrogen-bond acceptors (Lipinski definition) is 3. The lowest BCUT2D eigenvalue weighted by Crippen LogP contribution is -2.40. The third-order valence-corrected chi connectivity index (χ3v) is 4.17. The zero-order valence-corrected chi connectivity index (χ0v) is 12.7. The van der Waals surface area contributed by atoms with Crippen molar-refractivity contribution in [3.05, 3.63) is 0 Å². The first-order chi connectivity index (χ1) is 9.35. The van der Waals surface area contributed by atoms with Gasteiger partial charge in [-0.05, 0) is 51.9 Å². The third-order valence-electron chi connectivity index (χ3n) is 4.17. The number of hydrogen-bond donors (Lipinski definition) is 2. The van der Waals surface area contributed by atoms with Gasteiger partial charge in [0.2, 0.25) is 5.91 Å². The largest absolute Gasteiger partial charge is 0.444 e. The number of carbonyl (C=O) groups excluding carboxylic acids is 2. The molecule has 2 N–H and O–H groups in total. The average molecular weight is 282 g/mol. The molecule has 2 rings (SSSR count). The van der Waals surface area contributed by atoms with Crippen LogP contribution in [-0.4, -0.2) is 30.7 Å². The van der Waals surface area contributed by atoms with Gasteiger partial charge in [-0.15, -0.1) is 0 Å². The van der Waals surface area contributed by atoms with Crippen LogP contribution in [0, 0.1) is 17.8 Å². The second-order valence-corrected chi connectivity index (χ2v) is 7.00. The maximum atomic E-state index is 12.1. The first-order valence-corrected chi connectivity index (χ1v) is 7.60. The van der Waals surface area contributed by atoms with Gasteiger partial charge in [-0.25, -0.2) is 4.79 Å². The second kappa shape index (κ2) is 6.02. The van der Waals surface area contributed by atoms with Crippen molar-refractivity contribution in [2.45, 2.75) is 52.1 Å².